The summed E-state index contributed by atoms with van der Waals surface area (Å²) in [4.78, 5) is 12.2. The Balaban J connectivity index is 1.83. The lowest BCUT2D eigenvalue weighted by Crippen LogP contribution is -2.36. The van der Waals surface area contributed by atoms with Gasteiger partial charge >= 0.3 is 0 Å². The van der Waals surface area contributed by atoms with E-state index in [2.05, 4.69) is 20.8 Å². The van der Waals surface area contributed by atoms with E-state index < -0.39 is 6.04 Å². The van der Waals surface area contributed by atoms with E-state index in [-0.39, 0.29) is 5.91 Å². The topological polar surface area (TPSA) is 108 Å². The molecular formula is C16H22N6O2S. The van der Waals surface area contributed by atoms with Gasteiger partial charge in [0.1, 0.15) is 11.4 Å². The van der Waals surface area contributed by atoms with Gasteiger partial charge in [-0.05, 0) is 59.9 Å². The van der Waals surface area contributed by atoms with Gasteiger partial charge in [-0.25, -0.2) is 0 Å². The van der Waals surface area contributed by atoms with Crippen LogP contribution >= 0.6 is 11.8 Å². The summed E-state index contributed by atoms with van der Waals surface area (Å²) in [6.45, 7) is 0. The van der Waals surface area contributed by atoms with Crippen molar-refractivity contribution in [3.63, 3.8) is 0 Å². The third-order valence-electron chi connectivity index (χ3n) is 4.08. The van der Waals surface area contributed by atoms with Crippen LogP contribution in [-0.2, 0) is 4.79 Å². The van der Waals surface area contributed by atoms with Gasteiger partial charge in [-0.1, -0.05) is 0 Å². The van der Waals surface area contributed by atoms with Crippen LogP contribution in [0.5, 0.6) is 5.75 Å². The third-order valence-corrected chi connectivity index (χ3v) is 4.72. The molecule has 0 spiro atoms. The number of ether oxygens (including phenoxy) is 1. The molecule has 1 saturated carbocycles. The number of hydrogen-bond acceptors (Lipinski definition) is 7. The summed E-state index contributed by atoms with van der Waals surface area (Å²) in [5.41, 5.74) is 7.26. The summed E-state index contributed by atoms with van der Waals surface area (Å²) in [5, 5.41) is 14.9. The molecule has 0 bridgehead atoms. The van der Waals surface area contributed by atoms with Crippen molar-refractivity contribution in [3.05, 3.63) is 24.0 Å². The van der Waals surface area contributed by atoms with Crippen molar-refractivity contribution in [2.75, 3.05) is 24.4 Å². The molecule has 9 heteroatoms. The second-order valence-electron chi connectivity index (χ2n) is 5.99. The van der Waals surface area contributed by atoms with E-state index in [9.17, 15) is 4.79 Å². The highest BCUT2D eigenvalue weighted by Gasteiger charge is 2.30. The molecular weight excluding hydrogens is 340 g/mol. The number of benzene rings is 1. The minimum absolute atomic E-state index is 0.204. The van der Waals surface area contributed by atoms with E-state index in [1.165, 1.54) is 0 Å². The number of tetrazole rings is 1. The molecule has 1 aromatic carbocycles. The highest BCUT2D eigenvalue weighted by Crippen LogP contribution is 2.40. The zero-order chi connectivity index (χ0) is 17.8. The van der Waals surface area contributed by atoms with Gasteiger partial charge in [-0.3, -0.25) is 4.79 Å². The molecule has 134 valence electrons. The number of hydrogen-bond donors (Lipinski definition) is 2. The molecule has 1 atom stereocenters. The molecule has 1 amide bonds. The van der Waals surface area contributed by atoms with Crippen LogP contribution in [0.1, 0.15) is 31.0 Å². The molecule has 0 aliphatic heterocycles. The van der Waals surface area contributed by atoms with Gasteiger partial charge in [-0.2, -0.15) is 16.4 Å². The number of thioether (sulfide) groups is 1. The maximum Gasteiger partial charge on any atom is 0.241 e. The van der Waals surface area contributed by atoms with E-state index >= 15 is 0 Å². The summed E-state index contributed by atoms with van der Waals surface area (Å²) in [7, 11) is 1.59. The van der Waals surface area contributed by atoms with Gasteiger partial charge < -0.3 is 15.8 Å². The fraction of sp³-hybridized carbons (Fsp3) is 0.500. The van der Waals surface area contributed by atoms with Crippen molar-refractivity contribution < 1.29 is 9.53 Å². The Morgan fingerprint density at radius 3 is 3.00 bits per heavy atom. The minimum atomic E-state index is -0.534. The van der Waals surface area contributed by atoms with Crippen LogP contribution in [0.25, 0.3) is 5.69 Å². The van der Waals surface area contributed by atoms with Crippen LogP contribution in [0.4, 0.5) is 5.69 Å². The van der Waals surface area contributed by atoms with Crippen LogP contribution in [0.15, 0.2) is 18.2 Å². The normalized spacial score (nSPS) is 15.0. The molecule has 3 N–H and O–H groups in total. The maximum absolute atomic E-state index is 12.2. The molecule has 0 radical (unpaired) electrons. The predicted octanol–water partition coefficient (Wildman–Crippen LogP) is 1.57. The molecule has 0 unspecified atom stereocenters. The van der Waals surface area contributed by atoms with E-state index in [0.717, 1.165) is 24.4 Å². The van der Waals surface area contributed by atoms with Crippen molar-refractivity contribution in [2.24, 2.45) is 5.73 Å². The van der Waals surface area contributed by atoms with Gasteiger partial charge in [0.2, 0.25) is 5.91 Å². The molecule has 3 rings (SSSR count). The highest BCUT2D eigenvalue weighted by atomic mass is 32.2. The predicted molar refractivity (Wildman–Crippen MR) is 97.3 cm³/mol. The molecule has 1 aliphatic carbocycles. The van der Waals surface area contributed by atoms with E-state index in [4.69, 9.17) is 10.5 Å². The number of anilines is 1. The Kier molecular flexibility index (Phi) is 5.54. The van der Waals surface area contributed by atoms with Crippen molar-refractivity contribution in [2.45, 2.75) is 31.2 Å². The Morgan fingerprint density at radius 2 is 2.32 bits per heavy atom. The van der Waals surface area contributed by atoms with Crippen molar-refractivity contribution >= 4 is 23.4 Å². The number of carbonyl (C=O) groups excluding carboxylic acids is 1. The van der Waals surface area contributed by atoms with Crippen LogP contribution < -0.4 is 15.8 Å². The van der Waals surface area contributed by atoms with Crippen LogP contribution in [0.3, 0.4) is 0 Å². The summed E-state index contributed by atoms with van der Waals surface area (Å²) in [5.74, 6) is 2.48. The SMILES string of the molecule is COc1ccc(NC(=O)[C@@H](N)CCSC)cc1-n1nnnc1C1CC1. The number of carbonyl (C=O) groups is 1. The first-order chi connectivity index (χ1) is 12.1. The number of amides is 1. The van der Waals surface area contributed by atoms with Crippen LogP contribution in [0, 0.1) is 0 Å². The molecule has 0 saturated heterocycles. The van der Waals surface area contributed by atoms with Crippen molar-refractivity contribution in [3.8, 4) is 11.4 Å². The summed E-state index contributed by atoms with van der Waals surface area (Å²) >= 11 is 1.67. The largest absolute Gasteiger partial charge is 0.494 e. The standard InChI is InChI=1S/C16H22N6O2S/c1-24-14-6-5-11(18-16(23)12(17)7-8-25-2)9-13(14)22-15(10-3-4-10)19-20-21-22/h5-6,9-10,12H,3-4,7-8,17H2,1-2H3,(H,18,23)/t12-/m0/s1. The van der Waals surface area contributed by atoms with E-state index in [1.807, 2.05) is 6.26 Å². The fourth-order valence-corrected chi connectivity index (χ4v) is 3.00. The molecule has 1 aromatic heterocycles. The highest BCUT2D eigenvalue weighted by molar-refractivity contribution is 7.98. The zero-order valence-corrected chi connectivity index (χ0v) is 15.1. The molecule has 1 fully saturated rings. The monoisotopic (exact) mass is 362 g/mol. The number of nitrogens with one attached hydrogen (secondary N) is 1. The molecule has 1 aliphatic rings. The smallest absolute Gasteiger partial charge is 0.241 e. The Labute approximate surface area is 150 Å². The Morgan fingerprint density at radius 1 is 1.52 bits per heavy atom. The lowest BCUT2D eigenvalue weighted by molar-refractivity contribution is -0.117. The maximum atomic E-state index is 12.2. The van der Waals surface area contributed by atoms with Crippen LogP contribution in [0.2, 0.25) is 0 Å². The Bertz CT molecular complexity index is 746. The number of aromatic nitrogens is 4. The second kappa shape index (κ2) is 7.83. The Hall–Kier alpha value is -2.13. The van der Waals surface area contributed by atoms with Gasteiger partial charge in [-0.15, -0.1) is 5.10 Å². The van der Waals surface area contributed by atoms with Crippen LogP contribution in [-0.4, -0.2) is 51.3 Å². The van der Waals surface area contributed by atoms with E-state index in [0.29, 0.717) is 29.5 Å². The second-order valence-corrected chi connectivity index (χ2v) is 6.97. The first kappa shape index (κ1) is 17.7. The fourth-order valence-electron chi connectivity index (χ4n) is 2.51. The number of rotatable bonds is 8. The third kappa shape index (κ3) is 4.10. The summed E-state index contributed by atoms with van der Waals surface area (Å²) < 4.78 is 7.11. The summed E-state index contributed by atoms with van der Waals surface area (Å²) in [6, 6.07) is 4.84. The number of nitrogens with zero attached hydrogens (tertiary/aromatic N) is 4. The first-order valence-electron chi connectivity index (χ1n) is 8.16. The number of methoxy groups -OCH3 is 1. The molecule has 25 heavy (non-hydrogen) atoms. The van der Waals surface area contributed by atoms with Crippen molar-refractivity contribution in [1.82, 2.24) is 20.2 Å². The average molecular weight is 362 g/mol. The van der Waals surface area contributed by atoms with Gasteiger partial charge in [0, 0.05) is 11.6 Å². The lowest BCUT2D eigenvalue weighted by Gasteiger charge is -2.14. The molecule has 1 heterocycles. The molecule has 2 aromatic rings. The van der Waals surface area contributed by atoms with Gasteiger partial charge in [0.25, 0.3) is 0 Å². The van der Waals surface area contributed by atoms with Gasteiger partial charge in [0.05, 0.1) is 13.2 Å². The number of nitrogens with two attached hydrogens (primary N) is 1. The molecule has 8 nitrogen and oxygen atoms in total. The quantitative estimate of drug-likeness (QED) is 0.734. The van der Waals surface area contributed by atoms with Gasteiger partial charge in [0.15, 0.2) is 5.82 Å². The zero-order valence-electron chi connectivity index (χ0n) is 14.3. The lowest BCUT2D eigenvalue weighted by atomic mass is 10.2. The average Bonchev–Trinajstić information content (AvgIpc) is 3.36. The van der Waals surface area contributed by atoms with Crippen molar-refractivity contribution in [1.29, 1.82) is 0 Å². The minimum Gasteiger partial charge on any atom is -0.494 e. The summed E-state index contributed by atoms with van der Waals surface area (Å²) in [6.07, 6.45) is 4.80. The van der Waals surface area contributed by atoms with E-state index in [1.54, 1.807) is 41.8 Å². The first-order valence-corrected chi connectivity index (χ1v) is 9.55.